The minimum atomic E-state index is -1.25. The Balaban J connectivity index is 0.000000205. The first-order chi connectivity index (χ1) is 57.7. The number of aliphatic hydroxyl groups excluding tert-OH is 3. The smallest absolute Gasteiger partial charge is 1.00 e. The van der Waals surface area contributed by atoms with E-state index in [4.69, 9.17) is 108 Å². The zero-order chi connectivity index (χ0) is 88.5. The van der Waals surface area contributed by atoms with Gasteiger partial charge in [0.15, 0.2) is 48.2 Å². The molecule has 29 heteroatoms. The van der Waals surface area contributed by atoms with Crippen LogP contribution in [0, 0.1) is 39.5 Å². The molecule has 8 aromatic rings. The first-order valence-corrected chi connectivity index (χ1v) is 43.2. The van der Waals surface area contributed by atoms with Crippen LogP contribution < -0.4 is 29.6 Å². The number of fused-ring (bicyclic) bond motifs is 2. The van der Waals surface area contributed by atoms with E-state index < -0.39 is 145 Å². The van der Waals surface area contributed by atoms with E-state index in [-0.39, 0.29) is 57.2 Å². The number of hydrogen-bond acceptors (Lipinski definition) is 23. The number of ketones is 1. The number of hydrogen-bond donors (Lipinski definition) is 3. The molecule has 22 nitrogen and oxygen atoms in total. The number of aliphatic hydroxyl groups is 3. The third-order valence-corrected chi connectivity index (χ3v) is 24.0. The van der Waals surface area contributed by atoms with Gasteiger partial charge in [-0.05, 0) is 185 Å². The normalized spacial score (nSPS) is 26.2. The second-order valence-electron chi connectivity index (χ2n) is 32.6. The molecule has 14 rings (SSSR count). The fourth-order valence-electron chi connectivity index (χ4n) is 15.7. The van der Waals surface area contributed by atoms with Crippen molar-refractivity contribution < 1.29 is 137 Å². The van der Waals surface area contributed by atoms with Crippen molar-refractivity contribution in [3.8, 4) is 0 Å². The number of benzene rings is 8. The van der Waals surface area contributed by atoms with Crippen LogP contribution in [0.3, 0.4) is 0 Å². The zero-order valence-corrected chi connectivity index (χ0v) is 78.4. The monoisotopic (exact) mass is 1810 g/mol. The Labute approximate surface area is 774 Å². The first kappa shape index (κ1) is 101. The van der Waals surface area contributed by atoms with E-state index >= 15 is 0 Å². The van der Waals surface area contributed by atoms with Crippen molar-refractivity contribution in [2.45, 2.75) is 245 Å². The molecular weight excluding hydrogens is 1700 g/mol. The van der Waals surface area contributed by atoms with Crippen LogP contribution >= 0.6 is 58.2 Å². The SMILES string of the molecule is CC(=O)OC1O[C@@H](c2ccc(Cl)c(Cc3ccc(C)cc3)c2)[C@H](C)[C@@H](OC(C)=O)[C@@H]1OC(C)=O.CS[C@H]1O[C@@H](c2ccc(Cl)c(Cc3ccc(C)cc3)c2)[C@H](C)[C@@H](OC(C)=O)[C@@H]1OC(C)=O.Cc1ccc(Cc2cc(C(=O)[C@@H]3O[C@H]4OC(C)(C)O[C@H]4[C@@H]3O)ccc2Cl)cc1.Cc1ccc(Cc2cc([C@H](O)[C@@H]3O[C@H]4OC(C)(C)O[C@H]4[C@@H]3O)ccc2Cl)cc1.[B].[H-].[Na+]. The second kappa shape index (κ2) is 44.3. The van der Waals surface area contributed by atoms with Crippen molar-refractivity contribution >= 4 is 102 Å². The fourth-order valence-corrected chi connectivity index (χ4v) is 17.1. The van der Waals surface area contributed by atoms with Gasteiger partial charge in [0.25, 0.3) is 0 Å². The molecule has 6 fully saturated rings. The number of Topliss-reactive ketones (excluding diaryl/α,β-unsaturated/α-hetero) is 1. The quantitative estimate of drug-likeness (QED) is 0.0277. The van der Waals surface area contributed by atoms with Gasteiger partial charge in [-0.25, -0.2) is 0 Å². The number of rotatable bonds is 20. The van der Waals surface area contributed by atoms with Gasteiger partial charge in [-0.3, -0.25) is 28.8 Å². The van der Waals surface area contributed by atoms with Crippen molar-refractivity contribution in [3.05, 3.63) is 279 Å². The van der Waals surface area contributed by atoms with E-state index in [1.54, 1.807) is 64.1 Å². The molecular formula is C95H107BCl4NaO22S. The van der Waals surface area contributed by atoms with E-state index in [9.17, 15) is 44.1 Å². The predicted octanol–water partition coefficient (Wildman–Crippen LogP) is 14.1. The summed E-state index contributed by atoms with van der Waals surface area (Å²) in [6.07, 6.45) is -8.75. The molecule has 0 aromatic heterocycles. The van der Waals surface area contributed by atoms with Gasteiger partial charge in [0.2, 0.25) is 12.4 Å². The Kier molecular flexibility index (Phi) is 36.0. The summed E-state index contributed by atoms with van der Waals surface area (Å²) in [5.41, 5.74) is 15.2. The predicted molar refractivity (Wildman–Crippen MR) is 468 cm³/mol. The van der Waals surface area contributed by atoms with Gasteiger partial charge in [-0.15, -0.1) is 11.8 Å². The maximum absolute atomic E-state index is 13.0. The Morgan fingerprint density at radius 1 is 0.435 bits per heavy atom. The molecule has 3 radical (unpaired) electrons. The number of thioether (sulfide) groups is 1. The Hall–Kier alpha value is -7.09. The third-order valence-electron chi connectivity index (χ3n) is 21.7. The van der Waals surface area contributed by atoms with Crippen LogP contribution in [0.15, 0.2) is 170 Å². The largest absolute Gasteiger partial charge is 1.00 e. The van der Waals surface area contributed by atoms with Crippen LogP contribution in [0.1, 0.15) is 190 Å². The summed E-state index contributed by atoms with van der Waals surface area (Å²) in [5.74, 6) is -5.26. The molecule has 0 amide bonds. The van der Waals surface area contributed by atoms with Crippen LogP contribution in [0.5, 0.6) is 0 Å². The number of halogens is 4. The molecule has 6 aliphatic heterocycles. The van der Waals surface area contributed by atoms with Crippen LogP contribution in [0.2, 0.25) is 20.1 Å². The molecule has 6 heterocycles. The molecule has 0 aliphatic carbocycles. The number of carbonyl (C=O) groups is 6. The fraction of sp³-hybridized carbons (Fsp3) is 0.432. The summed E-state index contributed by atoms with van der Waals surface area (Å²) >= 11 is 27.2. The molecule has 8 aromatic carbocycles. The van der Waals surface area contributed by atoms with E-state index in [1.165, 1.54) is 74.2 Å². The molecule has 3 N–H and O–H groups in total. The van der Waals surface area contributed by atoms with Crippen molar-refractivity contribution in [1.82, 2.24) is 0 Å². The minimum Gasteiger partial charge on any atom is -1.00 e. The van der Waals surface area contributed by atoms with E-state index in [2.05, 4.69) is 73.7 Å². The van der Waals surface area contributed by atoms with Gasteiger partial charge < -0.3 is 78.3 Å². The summed E-state index contributed by atoms with van der Waals surface area (Å²) in [5, 5.41) is 34.5. The van der Waals surface area contributed by atoms with Gasteiger partial charge in [-0.1, -0.05) is 216 Å². The van der Waals surface area contributed by atoms with Crippen LogP contribution in [0.4, 0.5) is 0 Å². The first-order valence-electron chi connectivity index (χ1n) is 40.4. The molecule has 0 bridgehead atoms. The number of aryl methyl sites for hydroxylation is 4. The van der Waals surface area contributed by atoms with E-state index in [1.807, 2.05) is 108 Å². The van der Waals surface area contributed by atoms with Crippen molar-refractivity contribution in [2.24, 2.45) is 11.8 Å². The van der Waals surface area contributed by atoms with Crippen LogP contribution in [-0.2, 0) is 111 Å². The Morgan fingerprint density at radius 3 is 1.18 bits per heavy atom. The van der Waals surface area contributed by atoms with Crippen LogP contribution in [0.25, 0.3) is 0 Å². The zero-order valence-electron chi connectivity index (χ0n) is 73.6. The molecule has 0 saturated carbocycles. The van der Waals surface area contributed by atoms with Gasteiger partial charge >= 0.3 is 59.4 Å². The topological polar surface area (TPSA) is 283 Å². The minimum absolute atomic E-state index is 0. The van der Waals surface area contributed by atoms with Gasteiger partial charge in [-0.2, -0.15) is 0 Å². The van der Waals surface area contributed by atoms with Gasteiger partial charge in [0.05, 0.1) is 12.2 Å². The van der Waals surface area contributed by atoms with E-state index in [0.29, 0.717) is 56.9 Å². The number of carbonyl (C=O) groups excluding carboxylic acids is 6. The molecule has 6 saturated heterocycles. The van der Waals surface area contributed by atoms with Crippen LogP contribution in [-0.4, -0.2) is 163 Å². The van der Waals surface area contributed by atoms with Gasteiger partial charge in [0.1, 0.15) is 48.2 Å². The Bertz CT molecular complexity index is 5020. The molecule has 1 unspecified atom stereocenters. The Morgan fingerprint density at radius 2 is 0.782 bits per heavy atom. The maximum Gasteiger partial charge on any atom is 1.00 e. The average molecular weight is 1810 g/mol. The summed E-state index contributed by atoms with van der Waals surface area (Å²) in [6.45, 7) is 25.4. The van der Waals surface area contributed by atoms with Crippen molar-refractivity contribution in [2.75, 3.05) is 6.26 Å². The summed E-state index contributed by atoms with van der Waals surface area (Å²) in [6, 6.07) is 54.9. The standard InChI is InChI=1S/C26H29ClO7.C25H29ClO5S.C22H25ClO5.C22H23ClO5.B.Na.H/c1-14-6-8-19(9-7-14)12-21-13-20(10-11-22(21)27)23-15(2)24(31-16(3)28)25(32-17(4)29)26(34-23)33-18(5)30;1-14-6-8-18(9-7-14)12-20-13-19(10-11-21(20)26)22-15(2)23(29-16(3)27)24(30-17(4)28)25(31-22)32-5;2*1-12-4-6-13(7-5-12)10-15-11-14(8-9-16(15)23)17(24)19-18(25)20-21(26-19)28-22(2,3)27-20;;;/h6-11,13,15,23-26H,12H2,1-5H3;6-11,13,15,22-25H,12H2,1-5H3;4-9,11,17-21,24-25H,10H2,1-3H3;4-9,11,18-21,25H,10H2,1-3H3;;;/q;;;;;+1;-1/t15-,23+,24+,25-,26?;15-,22+,23+,24-,25+;17-,18+,19-,20-,21-;18-,19+,20+,21+;;;/m0001.../s1. The average Bonchev–Trinajstić information content (AvgIpc) is 1.68. The summed E-state index contributed by atoms with van der Waals surface area (Å²) < 4.78 is 73.9. The molecule has 19 atom stereocenters. The second-order valence-corrected chi connectivity index (χ2v) is 35.2. The summed E-state index contributed by atoms with van der Waals surface area (Å²) in [4.78, 5) is 71.8. The number of esters is 5. The van der Waals surface area contributed by atoms with E-state index in [0.717, 1.165) is 50.1 Å². The molecule has 6 aliphatic rings. The molecule has 124 heavy (non-hydrogen) atoms. The third kappa shape index (κ3) is 26.1. The maximum atomic E-state index is 13.0. The van der Waals surface area contributed by atoms with Gasteiger partial charge in [0, 0.05) is 80.5 Å². The molecule has 657 valence electrons. The van der Waals surface area contributed by atoms with Crippen molar-refractivity contribution in [1.29, 1.82) is 0 Å². The van der Waals surface area contributed by atoms with Crippen molar-refractivity contribution in [3.63, 3.8) is 0 Å². The number of ether oxygens (including phenoxy) is 13. The summed E-state index contributed by atoms with van der Waals surface area (Å²) in [7, 11) is 0. The molecule has 0 spiro atoms.